The van der Waals surface area contributed by atoms with Gasteiger partial charge in [-0.25, -0.2) is 0 Å². The molecular formula is C12H15NO. The molecule has 0 spiro atoms. The molecule has 0 N–H and O–H groups in total. The van der Waals surface area contributed by atoms with Gasteiger partial charge in [0, 0.05) is 18.5 Å². The Morgan fingerprint density at radius 1 is 1.21 bits per heavy atom. The second-order valence-electron chi connectivity index (χ2n) is 3.73. The van der Waals surface area contributed by atoms with Crippen molar-refractivity contribution >= 4 is 5.78 Å². The fourth-order valence-corrected chi connectivity index (χ4v) is 1.63. The molecule has 2 rings (SSSR count). The minimum Gasteiger partial charge on any atom is -0.303 e. The standard InChI is InChI=1S/C12H15NO/c14-12(7-10-13-8-4-9-13)11-5-2-1-3-6-11/h1-3,5-6H,4,7-10H2. The van der Waals surface area contributed by atoms with Crippen molar-refractivity contribution in [1.82, 2.24) is 4.90 Å². The first kappa shape index (κ1) is 9.41. The molecule has 1 aromatic rings. The predicted octanol–water partition coefficient (Wildman–Crippen LogP) is 1.97. The Labute approximate surface area is 84.5 Å². The number of Topliss-reactive ketones (excluding diaryl/α,β-unsaturated/α-hetero) is 1. The van der Waals surface area contributed by atoms with Crippen LogP contribution in [0.2, 0.25) is 0 Å². The summed E-state index contributed by atoms with van der Waals surface area (Å²) in [6.45, 7) is 3.26. The highest BCUT2D eigenvalue weighted by molar-refractivity contribution is 5.96. The third kappa shape index (κ3) is 2.20. The third-order valence-electron chi connectivity index (χ3n) is 2.70. The van der Waals surface area contributed by atoms with Crippen LogP contribution in [-0.2, 0) is 0 Å². The molecule has 0 atom stereocenters. The lowest BCUT2D eigenvalue weighted by atomic mass is 10.1. The largest absolute Gasteiger partial charge is 0.303 e. The van der Waals surface area contributed by atoms with E-state index < -0.39 is 0 Å². The van der Waals surface area contributed by atoms with Crippen LogP contribution in [0.5, 0.6) is 0 Å². The lowest BCUT2D eigenvalue weighted by Crippen LogP contribution is -2.38. The summed E-state index contributed by atoms with van der Waals surface area (Å²) >= 11 is 0. The number of ketones is 1. The first-order valence-corrected chi connectivity index (χ1v) is 5.17. The first-order chi connectivity index (χ1) is 6.86. The summed E-state index contributed by atoms with van der Waals surface area (Å²) in [5.41, 5.74) is 0.841. The van der Waals surface area contributed by atoms with E-state index in [2.05, 4.69) is 4.90 Å². The van der Waals surface area contributed by atoms with Crippen molar-refractivity contribution in [3.05, 3.63) is 35.9 Å². The molecule has 0 saturated carbocycles. The summed E-state index contributed by atoms with van der Waals surface area (Å²) in [7, 11) is 0. The third-order valence-corrected chi connectivity index (χ3v) is 2.70. The Balaban J connectivity index is 1.83. The highest BCUT2D eigenvalue weighted by Gasteiger charge is 2.14. The maximum atomic E-state index is 11.7. The van der Waals surface area contributed by atoms with Gasteiger partial charge >= 0.3 is 0 Å². The number of nitrogens with zero attached hydrogens (tertiary/aromatic N) is 1. The highest BCUT2D eigenvalue weighted by atomic mass is 16.1. The van der Waals surface area contributed by atoms with Gasteiger partial charge in [-0.05, 0) is 19.5 Å². The van der Waals surface area contributed by atoms with Crippen LogP contribution in [0.1, 0.15) is 23.2 Å². The highest BCUT2D eigenvalue weighted by Crippen LogP contribution is 2.08. The molecule has 1 saturated heterocycles. The summed E-state index contributed by atoms with van der Waals surface area (Å²) < 4.78 is 0. The average molecular weight is 189 g/mol. The topological polar surface area (TPSA) is 20.3 Å². The SMILES string of the molecule is O=C(CCN1CCC1)c1ccccc1. The molecular weight excluding hydrogens is 174 g/mol. The summed E-state index contributed by atoms with van der Waals surface area (Å²) in [6, 6.07) is 9.54. The number of carbonyl (C=O) groups excluding carboxylic acids is 1. The fraction of sp³-hybridized carbons (Fsp3) is 0.417. The Kier molecular flexibility index (Phi) is 2.94. The zero-order chi connectivity index (χ0) is 9.80. The quantitative estimate of drug-likeness (QED) is 0.675. The lowest BCUT2D eigenvalue weighted by molar-refractivity contribution is 0.0942. The Morgan fingerprint density at radius 2 is 1.93 bits per heavy atom. The van der Waals surface area contributed by atoms with E-state index in [-0.39, 0.29) is 5.78 Å². The van der Waals surface area contributed by atoms with Gasteiger partial charge in [-0.2, -0.15) is 0 Å². The van der Waals surface area contributed by atoms with Crippen molar-refractivity contribution in [2.75, 3.05) is 19.6 Å². The molecule has 1 aliphatic rings. The summed E-state index contributed by atoms with van der Waals surface area (Å²) in [4.78, 5) is 14.0. The predicted molar refractivity (Wildman–Crippen MR) is 56.4 cm³/mol. The molecule has 0 unspecified atom stereocenters. The summed E-state index contributed by atoms with van der Waals surface area (Å²) in [6.07, 6.45) is 1.95. The van der Waals surface area contributed by atoms with E-state index in [0.717, 1.165) is 12.1 Å². The normalized spacial score (nSPS) is 16.3. The van der Waals surface area contributed by atoms with E-state index in [1.54, 1.807) is 0 Å². The molecule has 1 aliphatic heterocycles. The van der Waals surface area contributed by atoms with E-state index in [9.17, 15) is 4.79 Å². The van der Waals surface area contributed by atoms with Crippen LogP contribution in [-0.4, -0.2) is 30.3 Å². The molecule has 0 radical (unpaired) electrons. The number of hydrogen-bond donors (Lipinski definition) is 0. The maximum absolute atomic E-state index is 11.7. The molecule has 2 nitrogen and oxygen atoms in total. The molecule has 1 fully saturated rings. The van der Waals surface area contributed by atoms with Crippen molar-refractivity contribution in [2.24, 2.45) is 0 Å². The number of rotatable bonds is 4. The zero-order valence-corrected chi connectivity index (χ0v) is 8.28. The van der Waals surface area contributed by atoms with Gasteiger partial charge in [0.05, 0.1) is 0 Å². The maximum Gasteiger partial charge on any atom is 0.164 e. The van der Waals surface area contributed by atoms with Crippen LogP contribution in [0, 0.1) is 0 Å². The molecule has 14 heavy (non-hydrogen) atoms. The van der Waals surface area contributed by atoms with Crippen molar-refractivity contribution in [3.8, 4) is 0 Å². The summed E-state index contributed by atoms with van der Waals surface area (Å²) in [5, 5.41) is 0. The lowest BCUT2D eigenvalue weighted by Gasteiger charge is -2.30. The van der Waals surface area contributed by atoms with Crippen molar-refractivity contribution in [1.29, 1.82) is 0 Å². The van der Waals surface area contributed by atoms with Gasteiger partial charge in [-0.3, -0.25) is 4.79 Å². The van der Waals surface area contributed by atoms with E-state index in [1.165, 1.54) is 19.5 Å². The first-order valence-electron chi connectivity index (χ1n) is 5.17. The molecule has 0 amide bonds. The smallest absolute Gasteiger partial charge is 0.164 e. The minimum atomic E-state index is 0.262. The van der Waals surface area contributed by atoms with E-state index in [1.807, 2.05) is 30.3 Å². The Bertz CT molecular complexity index is 303. The van der Waals surface area contributed by atoms with Gasteiger partial charge in [0.15, 0.2) is 5.78 Å². The van der Waals surface area contributed by atoms with Crippen LogP contribution >= 0.6 is 0 Å². The number of hydrogen-bond acceptors (Lipinski definition) is 2. The number of carbonyl (C=O) groups is 1. The molecule has 0 aliphatic carbocycles. The fourth-order valence-electron chi connectivity index (χ4n) is 1.63. The minimum absolute atomic E-state index is 0.262. The Morgan fingerprint density at radius 3 is 2.50 bits per heavy atom. The van der Waals surface area contributed by atoms with E-state index >= 15 is 0 Å². The molecule has 1 heterocycles. The van der Waals surface area contributed by atoms with Crippen molar-refractivity contribution in [3.63, 3.8) is 0 Å². The van der Waals surface area contributed by atoms with Crippen LogP contribution in [0.15, 0.2) is 30.3 Å². The van der Waals surface area contributed by atoms with Crippen LogP contribution in [0.25, 0.3) is 0 Å². The van der Waals surface area contributed by atoms with E-state index in [0.29, 0.717) is 6.42 Å². The Hall–Kier alpha value is -1.15. The summed E-state index contributed by atoms with van der Waals surface area (Å²) in [5.74, 6) is 0.262. The molecule has 74 valence electrons. The van der Waals surface area contributed by atoms with Gasteiger partial charge in [-0.1, -0.05) is 30.3 Å². The van der Waals surface area contributed by atoms with Gasteiger partial charge in [0.2, 0.25) is 0 Å². The van der Waals surface area contributed by atoms with Gasteiger partial charge in [-0.15, -0.1) is 0 Å². The van der Waals surface area contributed by atoms with Crippen LogP contribution in [0.4, 0.5) is 0 Å². The second kappa shape index (κ2) is 4.38. The van der Waals surface area contributed by atoms with Gasteiger partial charge in [0.25, 0.3) is 0 Å². The average Bonchev–Trinajstić information content (AvgIpc) is 2.16. The van der Waals surface area contributed by atoms with E-state index in [4.69, 9.17) is 0 Å². The van der Waals surface area contributed by atoms with Gasteiger partial charge < -0.3 is 4.90 Å². The number of benzene rings is 1. The van der Waals surface area contributed by atoms with Crippen LogP contribution < -0.4 is 0 Å². The van der Waals surface area contributed by atoms with Crippen molar-refractivity contribution < 1.29 is 4.79 Å². The molecule has 1 aromatic carbocycles. The number of likely N-dealkylation sites (tertiary alicyclic amines) is 1. The zero-order valence-electron chi connectivity index (χ0n) is 8.28. The second-order valence-corrected chi connectivity index (χ2v) is 3.73. The van der Waals surface area contributed by atoms with Gasteiger partial charge in [0.1, 0.15) is 0 Å². The van der Waals surface area contributed by atoms with Crippen molar-refractivity contribution in [2.45, 2.75) is 12.8 Å². The molecule has 2 heteroatoms. The molecule has 0 bridgehead atoms. The van der Waals surface area contributed by atoms with Crippen LogP contribution in [0.3, 0.4) is 0 Å². The molecule has 0 aromatic heterocycles. The monoisotopic (exact) mass is 189 g/mol.